The first-order chi connectivity index (χ1) is 14.4. The number of nitrogens with one attached hydrogen (secondary N) is 1. The van der Waals surface area contributed by atoms with Crippen LogP contribution in [0.1, 0.15) is 63.2 Å². The van der Waals surface area contributed by atoms with Crippen molar-refractivity contribution in [1.82, 2.24) is 9.88 Å². The van der Waals surface area contributed by atoms with Gasteiger partial charge < -0.3 is 19.4 Å². The predicted molar refractivity (Wildman–Crippen MR) is 117 cm³/mol. The number of piperidine rings is 2. The fourth-order valence-electron chi connectivity index (χ4n) is 5.63. The van der Waals surface area contributed by atoms with Gasteiger partial charge in [0, 0.05) is 41.2 Å². The SMILES string of the molecule is CCC1CC2(O)CC(C2)N1C(=O)CC(C)c1c[nH]c2cccc(-c3ccc(C)o3)c12. The Labute approximate surface area is 177 Å². The molecule has 1 aromatic carbocycles. The number of benzene rings is 1. The minimum atomic E-state index is -0.527. The average molecular weight is 407 g/mol. The number of rotatable bonds is 5. The van der Waals surface area contributed by atoms with Crippen LogP contribution in [0, 0.1) is 6.92 Å². The lowest BCUT2D eigenvalue weighted by Gasteiger charge is -2.58. The second-order valence-electron chi connectivity index (χ2n) is 9.34. The van der Waals surface area contributed by atoms with E-state index in [0.29, 0.717) is 6.42 Å². The number of carbonyl (C=O) groups excluding carboxylic acids is 1. The van der Waals surface area contributed by atoms with E-state index in [1.54, 1.807) is 0 Å². The van der Waals surface area contributed by atoms with Crippen LogP contribution in [0.15, 0.2) is 40.9 Å². The molecule has 2 aromatic heterocycles. The van der Waals surface area contributed by atoms with Gasteiger partial charge in [-0.05, 0) is 62.3 Å². The number of aryl methyl sites for hydroxylation is 1. The van der Waals surface area contributed by atoms with E-state index in [2.05, 4.69) is 35.9 Å². The Morgan fingerprint density at radius 3 is 2.80 bits per heavy atom. The van der Waals surface area contributed by atoms with Crippen LogP contribution in [0.5, 0.6) is 0 Å². The van der Waals surface area contributed by atoms with Gasteiger partial charge in [-0.15, -0.1) is 0 Å². The van der Waals surface area contributed by atoms with Gasteiger partial charge in [0.15, 0.2) is 0 Å². The Morgan fingerprint density at radius 2 is 2.10 bits per heavy atom. The van der Waals surface area contributed by atoms with Crippen molar-refractivity contribution in [3.05, 3.63) is 47.9 Å². The maximum absolute atomic E-state index is 13.3. The minimum Gasteiger partial charge on any atom is -0.461 e. The molecular formula is C25H30N2O3. The molecule has 3 fully saturated rings. The first kappa shape index (κ1) is 19.4. The Balaban J connectivity index is 1.43. The zero-order valence-corrected chi connectivity index (χ0v) is 17.9. The van der Waals surface area contributed by atoms with E-state index in [4.69, 9.17) is 4.42 Å². The summed E-state index contributed by atoms with van der Waals surface area (Å²) in [5.41, 5.74) is 2.74. The van der Waals surface area contributed by atoms with Crippen molar-refractivity contribution in [3.63, 3.8) is 0 Å². The fourth-order valence-corrected chi connectivity index (χ4v) is 5.63. The molecule has 5 nitrogen and oxygen atoms in total. The smallest absolute Gasteiger partial charge is 0.223 e. The van der Waals surface area contributed by atoms with Crippen molar-refractivity contribution < 1.29 is 14.3 Å². The van der Waals surface area contributed by atoms with Crippen molar-refractivity contribution in [3.8, 4) is 11.3 Å². The maximum Gasteiger partial charge on any atom is 0.223 e. The molecule has 158 valence electrons. The van der Waals surface area contributed by atoms with Gasteiger partial charge in [0.25, 0.3) is 0 Å². The highest BCUT2D eigenvalue weighted by Gasteiger charge is 2.54. The van der Waals surface area contributed by atoms with Crippen molar-refractivity contribution in [2.24, 2.45) is 0 Å². The third-order valence-electron chi connectivity index (χ3n) is 7.15. The summed E-state index contributed by atoms with van der Waals surface area (Å²) >= 11 is 0. The molecule has 30 heavy (non-hydrogen) atoms. The zero-order valence-electron chi connectivity index (χ0n) is 17.9. The number of H-pyrrole nitrogens is 1. The Bertz CT molecular complexity index is 1090. The molecule has 2 atom stereocenters. The molecule has 3 aromatic rings. The van der Waals surface area contributed by atoms with E-state index >= 15 is 0 Å². The monoisotopic (exact) mass is 406 g/mol. The lowest BCUT2D eigenvalue weighted by atomic mass is 9.66. The molecule has 2 N–H and O–H groups in total. The van der Waals surface area contributed by atoms with Gasteiger partial charge in [0.2, 0.25) is 5.91 Å². The highest BCUT2D eigenvalue weighted by molar-refractivity contribution is 5.97. The molecular weight excluding hydrogens is 376 g/mol. The Morgan fingerprint density at radius 1 is 1.30 bits per heavy atom. The van der Waals surface area contributed by atoms with Crippen molar-refractivity contribution in [2.75, 3.05) is 0 Å². The third kappa shape index (κ3) is 3.07. The first-order valence-corrected chi connectivity index (χ1v) is 11.1. The first-order valence-electron chi connectivity index (χ1n) is 11.1. The number of aromatic amines is 1. The zero-order chi connectivity index (χ0) is 21.0. The quantitative estimate of drug-likeness (QED) is 0.617. The fraction of sp³-hybridized carbons (Fsp3) is 0.480. The number of fused-ring (bicyclic) bond motifs is 3. The van der Waals surface area contributed by atoms with Gasteiger partial charge >= 0.3 is 0 Å². The van der Waals surface area contributed by atoms with Crippen LogP contribution < -0.4 is 0 Å². The van der Waals surface area contributed by atoms with Crippen LogP contribution in [0.2, 0.25) is 0 Å². The molecule has 6 rings (SSSR count). The predicted octanol–water partition coefficient (Wildman–Crippen LogP) is 5.13. The molecule has 2 saturated heterocycles. The maximum atomic E-state index is 13.3. The van der Waals surface area contributed by atoms with Crippen LogP contribution >= 0.6 is 0 Å². The third-order valence-corrected chi connectivity index (χ3v) is 7.15. The van der Waals surface area contributed by atoms with E-state index in [1.165, 1.54) is 0 Å². The summed E-state index contributed by atoms with van der Waals surface area (Å²) in [5, 5.41) is 11.6. The summed E-state index contributed by atoms with van der Waals surface area (Å²) in [6, 6.07) is 10.5. The number of nitrogens with zero attached hydrogens (tertiary/aromatic N) is 1. The summed E-state index contributed by atoms with van der Waals surface area (Å²) in [4.78, 5) is 18.8. The normalized spacial score (nSPS) is 26.6. The lowest BCUT2D eigenvalue weighted by Crippen LogP contribution is -2.67. The minimum absolute atomic E-state index is 0.0850. The van der Waals surface area contributed by atoms with E-state index in [9.17, 15) is 9.90 Å². The number of hydrogen-bond acceptors (Lipinski definition) is 3. The summed E-state index contributed by atoms with van der Waals surface area (Å²) in [6.45, 7) is 6.19. The molecule has 1 aliphatic carbocycles. The van der Waals surface area contributed by atoms with E-state index in [1.807, 2.05) is 31.3 Å². The highest BCUT2D eigenvalue weighted by atomic mass is 16.3. The molecule has 4 heterocycles. The van der Waals surface area contributed by atoms with Crippen LogP contribution in [-0.2, 0) is 4.79 Å². The van der Waals surface area contributed by atoms with Crippen LogP contribution in [0.4, 0.5) is 0 Å². The molecule has 2 unspecified atom stereocenters. The summed E-state index contributed by atoms with van der Waals surface area (Å²) in [7, 11) is 0. The van der Waals surface area contributed by atoms with Gasteiger partial charge in [0.05, 0.1) is 5.60 Å². The second-order valence-corrected chi connectivity index (χ2v) is 9.34. The topological polar surface area (TPSA) is 69.5 Å². The second kappa shape index (κ2) is 7.02. The van der Waals surface area contributed by atoms with E-state index in [0.717, 1.165) is 59.2 Å². The molecule has 1 amide bonds. The van der Waals surface area contributed by atoms with Gasteiger partial charge in [-0.1, -0.05) is 26.0 Å². The van der Waals surface area contributed by atoms with Gasteiger partial charge in [-0.3, -0.25) is 4.79 Å². The lowest BCUT2D eigenvalue weighted by molar-refractivity contribution is -0.178. The van der Waals surface area contributed by atoms with Crippen molar-refractivity contribution >= 4 is 16.8 Å². The number of carbonyl (C=O) groups is 1. The Hall–Kier alpha value is -2.53. The van der Waals surface area contributed by atoms with E-state index in [-0.39, 0.29) is 23.9 Å². The molecule has 2 aliphatic heterocycles. The summed E-state index contributed by atoms with van der Waals surface area (Å²) in [6.07, 6.45) is 5.60. The molecule has 5 heteroatoms. The van der Waals surface area contributed by atoms with Crippen LogP contribution in [0.25, 0.3) is 22.2 Å². The average Bonchev–Trinajstić information content (AvgIpc) is 3.32. The van der Waals surface area contributed by atoms with Gasteiger partial charge in [-0.25, -0.2) is 0 Å². The number of furan rings is 1. The highest BCUT2D eigenvalue weighted by Crippen LogP contribution is 2.47. The largest absolute Gasteiger partial charge is 0.461 e. The Kier molecular flexibility index (Phi) is 4.55. The molecule has 0 spiro atoms. The standard InChI is InChI=1S/C25H30N2O3/c1-4-17-11-25(29)12-18(13-25)27(17)23(28)10-15(2)20-14-26-21-7-5-6-19(24(20)21)22-9-8-16(3)30-22/h5-9,14-15,17-18,26,29H,4,10-13H2,1-3H3. The number of hydrogen-bond donors (Lipinski definition) is 2. The van der Waals surface area contributed by atoms with Crippen LogP contribution in [0.3, 0.4) is 0 Å². The summed E-state index contributed by atoms with van der Waals surface area (Å²) in [5.74, 6) is 2.04. The molecule has 3 aliphatic rings. The number of amides is 1. The van der Waals surface area contributed by atoms with Crippen LogP contribution in [-0.4, -0.2) is 38.6 Å². The molecule has 0 radical (unpaired) electrons. The van der Waals surface area contributed by atoms with Crippen molar-refractivity contribution in [2.45, 2.75) is 76.5 Å². The van der Waals surface area contributed by atoms with Gasteiger partial charge in [0.1, 0.15) is 11.5 Å². The van der Waals surface area contributed by atoms with E-state index < -0.39 is 5.60 Å². The van der Waals surface area contributed by atoms with Gasteiger partial charge in [-0.2, -0.15) is 0 Å². The number of aliphatic hydroxyl groups is 1. The molecule has 1 saturated carbocycles. The number of aromatic nitrogens is 1. The molecule has 2 bridgehead atoms. The van der Waals surface area contributed by atoms with Crippen molar-refractivity contribution in [1.29, 1.82) is 0 Å². The summed E-state index contributed by atoms with van der Waals surface area (Å²) < 4.78 is 5.90.